The Labute approximate surface area is 124 Å². The van der Waals surface area contributed by atoms with Crippen LogP contribution >= 0.6 is 0 Å². The van der Waals surface area contributed by atoms with Gasteiger partial charge in [0.2, 0.25) is 0 Å². The van der Waals surface area contributed by atoms with E-state index in [1.807, 2.05) is 0 Å². The molecule has 0 spiro atoms. The lowest BCUT2D eigenvalue weighted by atomic mass is 9.88. The number of piperidine rings is 1. The van der Waals surface area contributed by atoms with Gasteiger partial charge in [-0.1, -0.05) is 0 Å². The van der Waals surface area contributed by atoms with Crippen molar-refractivity contribution < 1.29 is 9.18 Å². The summed E-state index contributed by atoms with van der Waals surface area (Å²) in [6, 6.07) is 4.95. The number of nitrogens with zero attached hydrogens (tertiary/aromatic N) is 1. The first-order chi connectivity index (χ1) is 10.1. The molecular formula is C16H22FN3O. The predicted octanol–water partition coefficient (Wildman–Crippen LogP) is 1.89. The van der Waals surface area contributed by atoms with Gasteiger partial charge < -0.3 is 16.0 Å². The largest absolute Gasteiger partial charge is 0.371 e. The highest BCUT2D eigenvalue weighted by atomic mass is 19.1. The van der Waals surface area contributed by atoms with Crippen molar-refractivity contribution in [3.8, 4) is 0 Å². The van der Waals surface area contributed by atoms with E-state index >= 15 is 0 Å². The van der Waals surface area contributed by atoms with Gasteiger partial charge in [0.1, 0.15) is 5.82 Å². The third kappa shape index (κ3) is 3.02. The van der Waals surface area contributed by atoms with Crippen molar-refractivity contribution >= 4 is 11.6 Å². The molecule has 114 valence electrons. The summed E-state index contributed by atoms with van der Waals surface area (Å²) in [5.41, 5.74) is 6.42. The van der Waals surface area contributed by atoms with E-state index in [1.54, 1.807) is 6.07 Å². The van der Waals surface area contributed by atoms with E-state index in [4.69, 9.17) is 5.73 Å². The zero-order valence-corrected chi connectivity index (χ0v) is 12.1. The number of anilines is 1. The molecule has 0 bridgehead atoms. The highest BCUT2D eigenvalue weighted by molar-refractivity contribution is 5.98. The van der Waals surface area contributed by atoms with Gasteiger partial charge in [0, 0.05) is 24.8 Å². The van der Waals surface area contributed by atoms with Crippen LogP contribution in [0.4, 0.5) is 10.1 Å². The molecule has 2 aliphatic rings. The number of benzene rings is 1. The van der Waals surface area contributed by atoms with Gasteiger partial charge in [-0.2, -0.15) is 0 Å². The van der Waals surface area contributed by atoms with E-state index in [1.165, 1.54) is 25.0 Å². The molecule has 5 heteroatoms. The van der Waals surface area contributed by atoms with E-state index in [-0.39, 0.29) is 5.56 Å². The molecule has 2 heterocycles. The lowest BCUT2D eigenvalue weighted by molar-refractivity contribution is 0.1000. The van der Waals surface area contributed by atoms with E-state index in [0.29, 0.717) is 12.0 Å². The zero-order valence-electron chi connectivity index (χ0n) is 12.1. The summed E-state index contributed by atoms with van der Waals surface area (Å²) in [6.45, 7) is 2.93. The summed E-state index contributed by atoms with van der Waals surface area (Å²) in [5, 5.41) is 3.58. The summed E-state index contributed by atoms with van der Waals surface area (Å²) >= 11 is 0. The molecule has 1 aromatic rings. The second-order valence-electron chi connectivity index (χ2n) is 6.05. The highest BCUT2D eigenvalue weighted by Crippen LogP contribution is 2.30. The fourth-order valence-electron chi connectivity index (χ4n) is 3.64. The number of nitrogens with two attached hydrogens (primary N) is 1. The first-order valence-electron chi connectivity index (χ1n) is 7.73. The van der Waals surface area contributed by atoms with Gasteiger partial charge in [-0.15, -0.1) is 0 Å². The van der Waals surface area contributed by atoms with Gasteiger partial charge >= 0.3 is 0 Å². The van der Waals surface area contributed by atoms with Crippen molar-refractivity contribution in [1.82, 2.24) is 5.32 Å². The first kappa shape index (κ1) is 14.3. The molecule has 0 aliphatic carbocycles. The van der Waals surface area contributed by atoms with Crippen LogP contribution in [0.1, 0.15) is 36.0 Å². The summed E-state index contributed by atoms with van der Waals surface area (Å²) < 4.78 is 13.3. The molecule has 2 fully saturated rings. The number of primary amides is 1. The second kappa shape index (κ2) is 6.02. The Morgan fingerprint density at radius 2 is 2.05 bits per heavy atom. The number of carbonyl (C=O) groups excluding carboxylic acids is 1. The molecule has 0 radical (unpaired) electrons. The third-order valence-electron chi connectivity index (χ3n) is 4.77. The third-order valence-corrected chi connectivity index (χ3v) is 4.77. The van der Waals surface area contributed by atoms with Crippen molar-refractivity contribution in [2.24, 2.45) is 11.7 Å². The Morgan fingerprint density at radius 1 is 1.29 bits per heavy atom. The first-order valence-corrected chi connectivity index (χ1v) is 7.73. The molecule has 3 N–H and O–H groups in total. The Kier molecular flexibility index (Phi) is 4.10. The number of hydrogen-bond donors (Lipinski definition) is 2. The Balaban J connectivity index is 1.70. The Hall–Kier alpha value is -1.62. The van der Waals surface area contributed by atoms with Gasteiger partial charge in [0.25, 0.3) is 5.91 Å². The topological polar surface area (TPSA) is 58.4 Å². The number of carbonyl (C=O) groups is 1. The minimum Gasteiger partial charge on any atom is -0.371 e. The Bertz CT molecular complexity index is 520. The van der Waals surface area contributed by atoms with Crippen LogP contribution in [0.5, 0.6) is 0 Å². The molecule has 3 rings (SSSR count). The van der Waals surface area contributed by atoms with Crippen LogP contribution in [-0.2, 0) is 0 Å². The summed E-state index contributed by atoms with van der Waals surface area (Å²) in [5.74, 6) is -0.275. The second-order valence-corrected chi connectivity index (χ2v) is 6.05. The van der Waals surface area contributed by atoms with E-state index in [0.717, 1.165) is 38.2 Å². The van der Waals surface area contributed by atoms with Crippen molar-refractivity contribution in [3.63, 3.8) is 0 Å². The molecule has 1 aromatic carbocycles. The molecule has 2 aliphatic heterocycles. The van der Waals surface area contributed by atoms with Crippen LogP contribution in [0.3, 0.4) is 0 Å². The van der Waals surface area contributed by atoms with Gasteiger partial charge in [-0.25, -0.2) is 4.39 Å². The molecule has 1 atom stereocenters. The average Bonchev–Trinajstić information content (AvgIpc) is 3.01. The van der Waals surface area contributed by atoms with Gasteiger partial charge in [-0.05, 0) is 56.3 Å². The maximum absolute atomic E-state index is 13.3. The molecule has 2 saturated heterocycles. The van der Waals surface area contributed by atoms with Crippen LogP contribution in [0, 0.1) is 11.7 Å². The highest BCUT2D eigenvalue weighted by Gasteiger charge is 2.29. The predicted molar refractivity (Wildman–Crippen MR) is 80.9 cm³/mol. The number of rotatable bonds is 3. The zero-order chi connectivity index (χ0) is 14.8. The molecule has 0 aromatic heterocycles. The van der Waals surface area contributed by atoms with E-state index in [9.17, 15) is 9.18 Å². The number of amides is 1. The minimum atomic E-state index is -0.566. The lowest BCUT2D eigenvalue weighted by Gasteiger charge is -2.36. The average molecular weight is 291 g/mol. The quantitative estimate of drug-likeness (QED) is 0.894. The number of hydrogen-bond acceptors (Lipinski definition) is 3. The standard InChI is InChI=1S/C16H22FN3O/c17-12-3-4-15(13(10-12)16(18)21)20-8-5-11(6-9-20)14-2-1-7-19-14/h3-4,10-11,14,19H,1-2,5-9H2,(H2,18,21). The molecule has 1 amide bonds. The molecule has 4 nitrogen and oxygen atoms in total. The van der Waals surface area contributed by atoms with Crippen LogP contribution in [-0.4, -0.2) is 31.6 Å². The summed E-state index contributed by atoms with van der Waals surface area (Å²) in [6.07, 6.45) is 4.75. The number of nitrogens with one attached hydrogen (secondary N) is 1. The smallest absolute Gasteiger partial charge is 0.250 e. The fraction of sp³-hybridized carbons (Fsp3) is 0.562. The maximum Gasteiger partial charge on any atom is 0.250 e. The van der Waals surface area contributed by atoms with E-state index < -0.39 is 11.7 Å². The van der Waals surface area contributed by atoms with Crippen LogP contribution in [0.2, 0.25) is 0 Å². The van der Waals surface area contributed by atoms with Crippen molar-refractivity contribution in [3.05, 3.63) is 29.6 Å². The molecular weight excluding hydrogens is 269 g/mol. The van der Waals surface area contributed by atoms with Crippen LogP contribution in [0.25, 0.3) is 0 Å². The summed E-state index contributed by atoms with van der Waals surface area (Å²) in [4.78, 5) is 13.7. The van der Waals surface area contributed by atoms with Gasteiger partial charge in [-0.3, -0.25) is 4.79 Å². The van der Waals surface area contributed by atoms with Gasteiger partial charge in [0.15, 0.2) is 0 Å². The molecule has 1 unspecified atom stereocenters. The van der Waals surface area contributed by atoms with Crippen molar-refractivity contribution in [1.29, 1.82) is 0 Å². The fourth-order valence-corrected chi connectivity index (χ4v) is 3.64. The van der Waals surface area contributed by atoms with Crippen LogP contribution < -0.4 is 16.0 Å². The monoisotopic (exact) mass is 291 g/mol. The Morgan fingerprint density at radius 3 is 2.67 bits per heavy atom. The normalized spacial score (nSPS) is 23.5. The van der Waals surface area contributed by atoms with Gasteiger partial charge in [0.05, 0.1) is 5.56 Å². The van der Waals surface area contributed by atoms with Crippen molar-refractivity contribution in [2.45, 2.75) is 31.7 Å². The minimum absolute atomic E-state index is 0.285. The maximum atomic E-state index is 13.3. The van der Waals surface area contributed by atoms with Crippen LogP contribution in [0.15, 0.2) is 18.2 Å². The summed E-state index contributed by atoms with van der Waals surface area (Å²) in [7, 11) is 0. The SMILES string of the molecule is NC(=O)c1cc(F)ccc1N1CCC(C2CCCN2)CC1. The number of halogens is 1. The molecule has 21 heavy (non-hydrogen) atoms. The van der Waals surface area contributed by atoms with E-state index in [2.05, 4.69) is 10.2 Å². The molecule has 0 saturated carbocycles. The lowest BCUT2D eigenvalue weighted by Crippen LogP contribution is -2.41. The van der Waals surface area contributed by atoms with Crippen molar-refractivity contribution in [2.75, 3.05) is 24.5 Å².